The maximum atomic E-state index is 12.3. The summed E-state index contributed by atoms with van der Waals surface area (Å²) in [4.78, 5) is 24.3. The van der Waals surface area contributed by atoms with E-state index in [9.17, 15) is 9.59 Å². The number of hydrogen-bond donors (Lipinski definition) is 1. The molecule has 0 spiro atoms. The van der Waals surface area contributed by atoms with Crippen LogP contribution in [0.4, 0.5) is 5.69 Å². The van der Waals surface area contributed by atoms with Gasteiger partial charge in [-0.25, -0.2) is 0 Å². The number of anilines is 1. The topological polar surface area (TPSA) is 82.4 Å². The van der Waals surface area contributed by atoms with Gasteiger partial charge in [-0.05, 0) is 57.9 Å². The van der Waals surface area contributed by atoms with Gasteiger partial charge in [0.1, 0.15) is 5.75 Å². The summed E-state index contributed by atoms with van der Waals surface area (Å²) in [6, 6.07) is 5.37. The lowest BCUT2D eigenvalue weighted by atomic mass is 10.2. The Morgan fingerprint density at radius 3 is 2.61 bits per heavy atom. The predicted octanol–water partition coefficient (Wildman–Crippen LogP) is 3.73. The SMILES string of the molecule is Cc1cc(Cl)ccc1OCCCC(=O)OC(C)C(=O)Nc1c(C)nn(C)c1C. The highest BCUT2D eigenvalue weighted by atomic mass is 35.5. The fourth-order valence-electron chi connectivity index (χ4n) is 2.66. The van der Waals surface area contributed by atoms with Crippen molar-refractivity contribution in [1.29, 1.82) is 0 Å². The third-order valence-corrected chi connectivity index (χ3v) is 4.59. The number of esters is 1. The number of nitrogens with zero attached hydrogens (tertiary/aromatic N) is 2. The number of benzene rings is 1. The van der Waals surface area contributed by atoms with E-state index >= 15 is 0 Å². The minimum absolute atomic E-state index is 0.162. The third-order valence-electron chi connectivity index (χ3n) is 4.35. The Bertz CT molecular complexity index is 863. The van der Waals surface area contributed by atoms with Crippen LogP contribution in [0.5, 0.6) is 5.75 Å². The number of amides is 1. The molecule has 152 valence electrons. The number of aromatic nitrogens is 2. The van der Waals surface area contributed by atoms with E-state index in [1.165, 1.54) is 0 Å². The second-order valence-electron chi connectivity index (χ2n) is 6.65. The molecule has 0 saturated heterocycles. The largest absolute Gasteiger partial charge is 0.493 e. The highest BCUT2D eigenvalue weighted by molar-refractivity contribution is 6.30. The van der Waals surface area contributed by atoms with Crippen molar-refractivity contribution in [2.45, 2.75) is 46.6 Å². The van der Waals surface area contributed by atoms with Crippen LogP contribution in [-0.4, -0.2) is 34.4 Å². The summed E-state index contributed by atoms with van der Waals surface area (Å²) in [5.41, 5.74) is 3.11. The molecule has 0 fully saturated rings. The molecule has 0 aliphatic carbocycles. The predicted molar refractivity (Wildman–Crippen MR) is 108 cm³/mol. The molecule has 1 aromatic carbocycles. The van der Waals surface area contributed by atoms with E-state index in [4.69, 9.17) is 21.1 Å². The highest BCUT2D eigenvalue weighted by Gasteiger charge is 2.20. The first kappa shape index (κ1) is 21.8. The molecular formula is C20H26ClN3O4. The lowest BCUT2D eigenvalue weighted by Gasteiger charge is -2.14. The van der Waals surface area contributed by atoms with Crippen LogP contribution >= 0.6 is 11.6 Å². The Morgan fingerprint density at radius 2 is 2.00 bits per heavy atom. The normalized spacial score (nSPS) is 11.8. The fourth-order valence-corrected chi connectivity index (χ4v) is 2.89. The van der Waals surface area contributed by atoms with Gasteiger partial charge >= 0.3 is 5.97 Å². The van der Waals surface area contributed by atoms with Gasteiger partial charge in [-0.2, -0.15) is 5.10 Å². The molecule has 2 aromatic rings. The van der Waals surface area contributed by atoms with E-state index in [0.29, 0.717) is 29.4 Å². The average Bonchev–Trinajstić information content (AvgIpc) is 2.86. The van der Waals surface area contributed by atoms with Crippen LogP contribution in [0.2, 0.25) is 5.02 Å². The van der Waals surface area contributed by atoms with Gasteiger partial charge in [0.2, 0.25) is 0 Å². The van der Waals surface area contributed by atoms with Crippen molar-refractivity contribution in [3.05, 3.63) is 40.2 Å². The number of rotatable bonds is 8. The monoisotopic (exact) mass is 407 g/mol. The van der Waals surface area contributed by atoms with Crippen LogP contribution in [0.3, 0.4) is 0 Å². The molecule has 0 aliphatic heterocycles. The van der Waals surface area contributed by atoms with Crippen molar-refractivity contribution in [3.63, 3.8) is 0 Å². The maximum Gasteiger partial charge on any atom is 0.306 e. The first-order chi connectivity index (χ1) is 13.2. The van der Waals surface area contributed by atoms with Crippen molar-refractivity contribution >= 4 is 29.2 Å². The Hall–Kier alpha value is -2.54. The van der Waals surface area contributed by atoms with Gasteiger partial charge in [-0.1, -0.05) is 11.6 Å². The molecule has 1 atom stereocenters. The number of hydrogen-bond acceptors (Lipinski definition) is 5. The molecule has 1 heterocycles. The van der Waals surface area contributed by atoms with Gasteiger partial charge in [-0.15, -0.1) is 0 Å². The standard InChI is InChI=1S/C20H26ClN3O4/c1-12-11-16(21)8-9-17(12)27-10-6-7-18(25)28-15(4)20(26)22-19-13(2)23-24(5)14(19)3/h8-9,11,15H,6-7,10H2,1-5H3,(H,22,26). The molecule has 1 amide bonds. The first-order valence-corrected chi connectivity index (χ1v) is 9.46. The minimum Gasteiger partial charge on any atom is -0.493 e. The van der Waals surface area contributed by atoms with Crippen molar-refractivity contribution in [3.8, 4) is 5.75 Å². The average molecular weight is 408 g/mol. The van der Waals surface area contributed by atoms with E-state index in [2.05, 4.69) is 10.4 Å². The number of nitrogens with one attached hydrogen (secondary N) is 1. The molecule has 0 radical (unpaired) electrons. The second kappa shape index (κ2) is 9.59. The minimum atomic E-state index is -0.897. The molecule has 7 nitrogen and oxygen atoms in total. The molecule has 0 saturated carbocycles. The third kappa shape index (κ3) is 5.73. The fraction of sp³-hybridized carbons (Fsp3) is 0.450. The van der Waals surface area contributed by atoms with Gasteiger partial charge in [0.15, 0.2) is 6.10 Å². The van der Waals surface area contributed by atoms with Crippen LogP contribution in [0, 0.1) is 20.8 Å². The highest BCUT2D eigenvalue weighted by Crippen LogP contribution is 2.22. The van der Waals surface area contributed by atoms with Crippen LogP contribution in [0.1, 0.15) is 36.7 Å². The molecule has 1 unspecified atom stereocenters. The summed E-state index contributed by atoms with van der Waals surface area (Å²) in [7, 11) is 1.80. The van der Waals surface area contributed by atoms with Gasteiger partial charge in [0.25, 0.3) is 5.91 Å². The van der Waals surface area contributed by atoms with Crippen LogP contribution < -0.4 is 10.1 Å². The summed E-state index contributed by atoms with van der Waals surface area (Å²) in [6.07, 6.45) is -0.253. The Balaban J connectivity index is 1.75. The van der Waals surface area contributed by atoms with E-state index in [-0.39, 0.29) is 12.3 Å². The molecule has 0 aliphatic rings. The Morgan fingerprint density at radius 1 is 1.29 bits per heavy atom. The van der Waals surface area contributed by atoms with E-state index in [1.54, 1.807) is 30.8 Å². The Kier molecular flexibility index (Phi) is 7.45. The molecule has 28 heavy (non-hydrogen) atoms. The number of carbonyl (C=O) groups is 2. The summed E-state index contributed by atoms with van der Waals surface area (Å²) < 4.78 is 12.5. The summed E-state index contributed by atoms with van der Waals surface area (Å²) in [5, 5.41) is 7.66. The number of halogens is 1. The lowest BCUT2D eigenvalue weighted by Crippen LogP contribution is -2.30. The van der Waals surface area contributed by atoms with Crippen LogP contribution in [0.25, 0.3) is 0 Å². The molecular weight excluding hydrogens is 382 g/mol. The first-order valence-electron chi connectivity index (χ1n) is 9.08. The summed E-state index contributed by atoms with van der Waals surface area (Å²) >= 11 is 5.91. The van der Waals surface area contributed by atoms with Crippen molar-refractivity contribution in [1.82, 2.24) is 9.78 Å². The zero-order valence-electron chi connectivity index (χ0n) is 16.8. The number of aryl methyl sites for hydroxylation is 3. The van der Waals surface area contributed by atoms with Gasteiger partial charge < -0.3 is 14.8 Å². The van der Waals surface area contributed by atoms with E-state index in [1.807, 2.05) is 26.8 Å². The molecule has 1 aromatic heterocycles. The van der Waals surface area contributed by atoms with E-state index in [0.717, 1.165) is 17.0 Å². The lowest BCUT2D eigenvalue weighted by molar-refractivity contribution is -0.153. The van der Waals surface area contributed by atoms with Crippen LogP contribution in [0.15, 0.2) is 18.2 Å². The maximum absolute atomic E-state index is 12.3. The number of carbonyl (C=O) groups excluding carboxylic acids is 2. The zero-order chi connectivity index (χ0) is 20.8. The summed E-state index contributed by atoms with van der Waals surface area (Å²) in [6.45, 7) is 7.48. The van der Waals surface area contributed by atoms with Crippen molar-refractivity contribution in [2.24, 2.45) is 7.05 Å². The van der Waals surface area contributed by atoms with Gasteiger partial charge in [-0.3, -0.25) is 14.3 Å². The summed E-state index contributed by atoms with van der Waals surface area (Å²) in [5.74, 6) is -0.105. The van der Waals surface area contributed by atoms with Gasteiger partial charge in [0, 0.05) is 18.5 Å². The second-order valence-corrected chi connectivity index (χ2v) is 7.09. The zero-order valence-corrected chi connectivity index (χ0v) is 17.6. The number of ether oxygens (including phenoxy) is 2. The molecule has 0 bridgehead atoms. The quantitative estimate of drug-likeness (QED) is 0.532. The molecule has 8 heteroatoms. The van der Waals surface area contributed by atoms with Crippen molar-refractivity contribution < 1.29 is 19.1 Å². The smallest absolute Gasteiger partial charge is 0.306 e. The Labute approximate surface area is 170 Å². The van der Waals surface area contributed by atoms with Crippen molar-refractivity contribution in [2.75, 3.05) is 11.9 Å². The van der Waals surface area contributed by atoms with Gasteiger partial charge in [0.05, 0.1) is 23.7 Å². The van der Waals surface area contributed by atoms with E-state index < -0.39 is 12.1 Å². The molecule has 2 rings (SSSR count). The van der Waals surface area contributed by atoms with Crippen LogP contribution in [-0.2, 0) is 21.4 Å². The molecule has 1 N–H and O–H groups in total.